The molecule has 0 atom stereocenters. The Morgan fingerprint density at radius 1 is 0.243 bits per heavy atom. The van der Waals surface area contributed by atoms with E-state index in [4.69, 9.17) is 0 Å². The van der Waals surface area contributed by atoms with Gasteiger partial charge in [-0.05, 0) is 78.4 Å². The Balaban J connectivity index is 1.26. The average molecular weight is 940 g/mol. The van der Waals surface area contributed by atoms with Crippen LogP contribution in [-0.2, 0) is 0 Å². The number of para-hydroxylation sites is 8. The minimum atomic E-state index is 0.533. The summed E-state index contributed by atoms with van der Waals surface area (Å²) in [6, 6.07) is 91.3. The number of hydrogen-bond donors (Lipinski definition) is 0. The fourth-order valence-corrected chi connectivity index (χ4v) is 12.0. The van der Waals surface area contributed by atoms with Gasteiger partial charge in [-0.25, -0.2) is 0 Å². The lowest BCUT2D eigenvalue weighted by atomic mass is 9.93. The molecule has 0 aliphatic rings. The molecule has 0 amide bonds. The molecule has 74 heavy (non-hydrogen) atoms. The van der Waals surface area contributed by atoms with E-state index in [0.29, 0.717) is 5.56 Å². The van der Waals surface area contributed by atoms with Crippen LogP contribution in [0.4, 0.5) is 0 Å². The molecule has 5 nitrogen and oxygen atoms in total. The number of benzene rings is 11. The molecule has 11 aromatic carbocycles. The fourth-order valence-electron chi connectivity index (χ4n) is 12.0. The van der Waals surface area contributed by atoms with Gasteiger partial charge in [0.2, 0.25) is 0 Å². The Labute approximate surface area is 425 Å². The van der Waals surface area contributed by atoms with E-state index in [0.717, 1.165) is 132 Å². The van der Waals surface area contributed by atoms with Crippen molar-refractivity contribution in [3.63, 3.8) is 0 Å². The Kier molecular flexibility index (Phi) is 9.17. The molecule has 0 saturated carbocycles. The van der Waals surface area contributed by atoms with Gasteiger partial charge < -0.3 is 18.3 Å². The maximum absolute atomic E-state index is 12.7. The van der Waals surface area contributed by atoms with Gasteiger partial charge >= 0.3 is 0 Å². The molecule has 5 heteroatoms. The molecule has 0 saturated heterocycles. The number of hydrogen-bond acceptors (Lipinski definition) is 1. The third-order valence-corrected chi connectivity index (χ3v) is 15.0. The van der Waals surface area contributed by atoms with Gasteiger partial charge in [-0.3, -0.25) is 0 Å². The second-order valence-electron chi connectivity index (χ2n) is 18.9. The largest absolute Gasteiger partial charge is 0.306 e. The molecular weight excluding hydrogens is 899 g/mol. The predicted octanol–water partition coefficient (Wildman–Crippen LogP) is 17.0. The Morgan fingerprint density at radius 3 is 0.770 bits per heavy atom. The SMILES string of the molecule is N#Cc1c(-n2c3ccccc3c3ccccc32)c(-n2c3ccccc3c3ccccc32)c(-c2ccc(C#Cc3ccccc3)cc2)c(-n2c3ccccc3c3ccccc32)c1-n1c2ccccc2c2ccccc21. The molecule has 15 aromatic rings. The normalized spacial score (nSPS) is 11.7. The minimum absolute atomic E-state index is 0.533. The quantitative estimate of drug-likeness (QED) is 0.159. The molecular formula is C69H41N5. The Hall–Kier alpha value is -10.3. The molecule has 342 valence electrons. The summed E-state index contributed by atoms with van der Waals surface area (Å²) >= 11 is 0. The fraction of sp³-hybridized carbons (Fsp3) is 0. The number of fused-ring (bicyclic) bond motifs is 12. The van der Waals surface area contributed by atoms with Gasteiger partial charge in [0.25, 0.3) is 0 Å². The van der Waals surface area contributed by atoms with Gasteiger partial charge in [-0.15, -0.1) is 0 Å². The van der Waals surface area contributed by atoms with Crippen molar-refractivity contribution in [3.05, 3.63) is 265 Å². The van der Waals surface area contributed by atoms with E-state index in [2.05, 4.69) is 255 Å². The first kappa shape index (κ1) is 41.5. The lowest BCUT2D eigenvalue weighted by molar-refractivity contribution is 1.04. The number of nitrogens with zero attached hydrogens (tertiary/aromatic N) is 5. The first-order valence-electron chi connectivity index (χ1n) is 25.0. The van der Waals surface area contributed by atoms with Crippen molar-refractivity contribution in [2.75, 3.05) is 0 Å². The van der Waals surface area contributed by atoms with Gasteiger partial charge in [-0.2, -0.15) is 5.26 Å². The van der Waals surface area contributed by atoms with E-state index < -0.39 is 0 Å². The molecule has 0 bridgehead atoms. The first-order valence-corrected chi connectivity index (χ1v) is 25.0. The molecule has 0 fully saturated rings. The molecule has 0 aliphatic heterocycles. The third-order valence-electron chi connectivity index (χ3n) is 15.0. The van der Waals surface area contributed by atoms with Gasteiger partial charge in [0.15, 0.2) is 0 Å². The lowest BCUT2D eigenvalue weighted by Crippen LogP contribution is -2.16. The molecule has 15 rings (SSSR count). The number of aromatic nitrogens is 4. The van der Waals surface area contributed by atoms with Crippen molar-refractivity contribution in [2.24, 2.45) is 0 Å². The monoisotopic (exact) mass is 939 g/mol. The van der Waals surface area contributed by atoms with Crippen LogP contribution in [0.15, 0.2) is 249 Å². The highest BCUT2D eigenvalue weighted by molar-refractivity contribution is 6.17. The van der Waals surface area contributed by atoms with Crippen molar-refractivity contribution in [1.29, 1.82) is 5.26 Å². The molecule has 0 unspecified atom stereocenters. The summed E-state index contributed by atoms with van der Waals surface area (Å²) < 4.78 is 9.63. The lowest BCUT2D eigenvalue weighted by Gasteiger charge is -2.29. The van der Waals surface area contributed by atoms with Crippen molar-refractivity contribution in [2.45, 2.75) is 0 Å². The predicted molar refractivity (Wildman–Crippen MR) is 306 cm³/mol. The molecule has 0 aliphatic carbocycles. The topological polar surface area (TPSA) is 43.5 Å². The standard InChI is InChI=1S/C69H41N5/c70-44-56-66(71-57-30-12-4-22-48(57)49-23-5-13-31-58(49)71)68(73-61-34-16-8-26-52(61)53-27-9-17-35-62(53)73)65(47-42-40-46(41-43-47)39-38-45-20-2-1-3-21-45)69(74-63-36-18-10-28-54(63)55-29-11-19-37-64(55)74)67(56)72-59-32-14-6-24-50(59)51-25-7-15-33-60(51)72/h1-37,40-43H. The Bertz CT molecular complexity index is 4440. The highest BCUT2D eigenvalue weighted by atomic mass is 15.1. The van der Waals surface area contributed by atoms with Crippen molar-refractivity contribution < 1.29 is 0 Å². The second kappa shape index (κ2) is 16.4. The number of rotatable bonds is 5. The summed E-state index contributed by atoms with van der Waals surface area (Å²) in [7, 11) is 0. The van der Waals surface area contributed by atoms with Crippen molar-refractivity contribution in [3.8, 4) is 51.8 Å². The van der Waals surface area contributed by atoms with Crippen LogP contribution in [0.2, 0.25) is 0 Å². The van der Waals surface area contributed by atoms with E-state index >= 15 is 0 Å². The summed E-state index contributed by atoms with van der Waals surface area (Å²) in [6.07, 6.45) is 0. The molecule has 4 aromatic heterocycles. The van der Waals surface area contributed by atoms with Crippen LogP contribution in [0.1, 0.15) is 16.7 Å². The zero-order chi connectivity index (χ0) is 48.9. The summed E-state index contributed by atoms with van der Waals surface area (Å²) in [5.74, 6) is 6.88. The van der Waals surface area contributed by atoms with Crippen LogP contribution in [0.5, 0.6) is 0 Å². The highest BCUT2D eigenvalue weighted by Crippen LogP contribution is 2.51. The first-order chi connectivity index (χ1) is 36.7. The molecule has 4 heterocycles. The summed E-state index contributed by atoms with van der Waals surface area (Å²) in [5, 5.41) is 21.6. The van der Waals surface area contributed by atoms with E-state index in [-0.39, 0.29) is 0 Å². The van der Waals surface area contributed by atoms with E-state index in [9.17, 15) is 5.26 Å². The summed E-state index contributed by atoms with van der Waals surface area (Å²) in [5.41, 5.74) is 15.8. The zero-order valence-electron chi connectivity index (χ0n) is 39.9. The van der Waals surface area contributed by atoms with Gasteiger partial charge in [0, 0.05) is 59.8 Å². The highest BCUT2D eigenvalue weighted by Gasteiger charge is 2.34. The van der Waals surface area contributed by atoms with Crippen molar-refractivity contribution in [1.82, 2.24) is 18.3 Å². The zero-order valence-corrected chi connectivity index (χ0v) is 39.9. The van der Waals surface area contributed by atoms with Crippen LogP contribution in [0, 0.1) is 23.2 Å². The van der Waals surface area contributed by atoms with E-state index in [1.807, 2.05) is 30.3 Å². The van der Waals surface area contributed by atoms with Crippen LogP contribution >= 0.6 is 0 Å². The summed E-state index contributed by atoms with van der Waals surface area (Å²) in [6.45, 7) is 0. The van der Waals surface area contributed by atoms with Crippen LogP contribution in [0.3, 0.4) is 0 Å². The number of nitriles is 1. The minimum Gasteiger partial charge on any atom is -0.306 e. The third kappa shape index (κ3) is 5.99. The van der Waals surface area contributed by atoms with Gasteiger partial charge in [0.1, 0.15) is 11.6 Å². The maximum Gasteiger partial charge on any atom is 0.104 e. The molecule has 0 spiro atoms. The summed E-state index contributed by atoms with van der Waals surface area (Å²) in [4.78, 5) is 0. The van der Waals surface area contributed by atoms with Crippen LogP contribution in [0.25, 0.3) is 121 Å². The van der Waals surface area contributed by atoms with Gasteiger partial charge in [-0.1, -0.05) is 188 Å². The molecule has 0 N–H and O–H groups in total. The van der Waals surface area contributed by atoms with Crippen LogP contribution in [-0.4, -0.2) is 18.3 Å². The average Bonchev–Trinajstić information content (AvgIpc) is 4.20. The van der Waals surface area contributed by atoms with E-state index in [1.54, 1.807) is 0 Å². The van der Waals surface area contributed by atoms with Crippen LogP contribution < -0.4 is 0 Å². The smallest absolute Gasteiger partial charge is 0.104 e. The Morgan fingerprint density at radius 2 is 0.486 bits per heavy atom. The maximum atomic E-state index is 12.7. The van der Waals surface area contributed by atoms with Gasteiger partial charge in [0.05, 0.1) is 66.9 Å². The van der Waals surface area contributed by atoms with Crippen molar-refractivity contribution >= 4 is 87.2 Å². The second-order valence-corrected chi connectivity index (χ2v) is 18.9. The van der Waals surface area contributed by atoms with E-state index in [1.165, 1.54) is 0 Å². The molecule has 0 radical (unpaired) electrons.